The maximum Gasteiger partial charge on any atom is 0.258 e. The van der Waals surface area contributed by atoms with E-state index in [0.717, 1.165) is 18.7 Å². The molecule has 1 amide bonds. The van der Waals surface area contributed by atoms with Crippen molar-refractivity contribution in [3.05, 3.63) is 51.3 Å². The van der Waals surface area contributed by atoms with Crippen LogP contribution in [0.5, 0.6) is 0 Å². The van der Waals surface area contributed by atoms with Gasteiger partial charge >= 0.3 is 0 Å². The second-order valence-corrected chi connectivity index (χ2v) is 7.12. The second kappa shape index (κ2) is 8.39. The van der Waals surface area contributed by atoms with Gasteiger partial charge in [-0.3, -0.25) is 9.69 Å². The third kappa shape index (κ3) is 4.04. The van der Waals surface area contributed by atoms with E-state index < -0.39 is 0 Å². The zero-order chi connectivity index (χ0) is 18.7. The lowest BCUT2D eigenvalue weighted by Crippen LogP contribution is -2.49. The van der Waals surface area contributed by atoms with E-state index in [-0.39, 0.29) is 12.5 Å². The topological polar surface area (TPSA) is 61.6 Å². The third-order valence-corrected chi connectivity index (χ3v) is 5.39. The number of aliphatic hydroxyl groups excluding tert-OH is 1. The highest BCUT2D eigenvalue weighted by atomic mass is 35.5. The van der Waals surface area contributed by atoms with Crippen LogP contribution in [-0.2, 0) is 6.54 Å². The molecule has 0 bridgehead atoms. The monoisotopic (exact) mass is 396 g/mol. The average Bonchev–Trinajstić information content (AvgIpc) is 2.91. The fourth-order valence-corrected chi connectivity index (χ4v) is 3.67. The van der Waals surface area contributed by atoms with Gasteiger partial charge in [-0.25, -0.2) is 4.68 Å². The van der Waals surface area contributed by atoms with Gasteiger partial charge in [-0.2, -0.15) is 5.10 Å². The van der Waals surface area contributed by atoms with Gasteiger partial charge < -0.3 is 10.0 Å². The smallest absolute Gasteiger partial charge is 0.258 e. The van der Waals surface area contributed by atoms with E-state index in [2.05, 4.69) is 10.00 Å². The molecule has 26 heavy (non-hydrogen) atoms. The molecule has 8 heteroatoms. The Bertz CT molecular complexity index is 785. The number of aromatic nitrogens is 2. The minimum atomic E-state index is -0.0958. The summed E-state index contributed by atoms with van der Waals surface area (Å²) >= 11 is 12.7. The molecule has 0 aliphatic carbocycles. The first-order chi connectivity index (χ1) is 12.5. The van der Waals surface area contributed by atoms with E-state index in [1.54, 1.807) is 16.5 Å². The summed E-state index contributed by atoms with van der Waals surface area (Å²) in [7, 11) is 0. The van der Waals surface area contributed by atoms with Crippen LogP contribution >= 0.6 is 23.2 Å². The molecule has 0 saturated carbocycles. The number of halogens is 2. The molecule has 2 heterocycles. The Morgan fingerprint density at radius 2 is 1.88 bits per heavy atom. The van der Waals surface area contributed by atoms with Crippen LogP contribution in [0.2, 0.25) is 10.2 Å². The largest absolute Gasteiger partial charge is 0.395 e. The zero-order valence-corrected chi connectivity index (χ0v) is 16.2. The van der Waals surface area contributed by atoms with Crippen molar-refractivity contribution in [1.29, 1.82) is 0 Å². The maximum atomic E-state index is 12.9. The van der Waals surface area contributed by atoms with Crippen molar-refractivity contribution in [2.45, 2.75) is 13.5 Å². The first-order valence-electron chi connectivity index (χ1n) is 8.60. The molecule has 1 aromatic carbocycles. The molecule has 1 fully saturated rings. The van der Waals surface area contributed by atoms with Crippen molar-refractivity contribution < 1.29 is 9.90 Å². The molecular weight excluding hydrogens is 375 g/mol. The average molecular weight is 397 g/mol. The van der Waals surface area contributed by atoms with Gasteiger partial charge in [0.2, 0.25) is 0 Å². The maximum absolute atomic E-state index is 12.9. The fraction of sp³-hybridized carbons (Fsp3) is 0.444. The molecular formula is C18H22Cl2N4O2. The first-order valence-corrected chi connectivity index (χ1v) is 9.35. The van der Waals surface area contributed by atoms with Gasteiger partial charge in [-0.1, -0.05) is 41.4 Å². The highest BCUT2D eigenvalue weighted by molar-refractivity contribution is 6.33. The number of carbonyl (C=O) groups excluding carboxylic acids is 1. The molecule has 1 aromatic heterocycles. The predicted molar refractivity (Wildman–Crippen MR) is 102 cm³/mol. The minimum Gasteiger partial charge on any atom is -0.395 e. The molecule has 1 N–H and O–H groups in total. The van der Waals surface area contributed by atoms with Crippen LogP contribution in [0.15, 0.2) is 24.3 Å². The molecule has 0 atom stereocenters. The summed E-state index contributed by atoms with van der Waals surface area (Å²) in [5, 5.41) is 14.5. The Labute approximate surface area is 162 Å². The molecule has 140 valence electrons. The molecule has 6 nitrogen and oxygen atoms in total. The van der Waals surface area contributed by atoms with E-state index in [1.165, 1.54) is 0 Å². The fourth-order valence-electron chi connectivity index (χ4n) is 3.16. The number of nitrogens with zero attached hydrogens (tertiary/aromatic N) is 4. The van der Waals surface area contributed by atoms with Crippen LogP contribution in [0, 0.1) is 6.92 Å². The third-order valence-electron chi connectivity index (χ3n) is 4.63. The Balaban J connectivity index is 1.76. The summed E-state index contributed by atoms with van der Waals surface area (Å²) in [6.07, 6.45) is 0. The molecule has 1 aliphatic heterocycles. The quantitative estimate of drug-likeness (QED) is 0.841. The first kappa shape index (κ1) is 19.2. The van der Waals surface area contributed by atoms with Crippen molar-refractivity contribution >= 4 is 29.1 Å². The molecule has 1 aliphatic rings. The van der Waals surface area contributed by atoms with Gasteiger partial charge in [0.25, 0.3) is 5.91 Å². The van der Waals surface area contributed by atoms with Crippen LogP contribution in [0.1, 0.15) is 21.6 Å². The van der Waals surface area contributed by atoms with Crippen molar-refractivity contribution in [2.24, 2.45) is 0 Å². The SMILES string of the molecule is Cc1nn(Cc2ccccc2Cl)c(Cl)c1C(=O)N1CCN(CCO)CC1. The number of hydrogen-bond acceptors (Lipinski definition) is 4. The molecule has 0 spiro atoms. The van der Waals surface area contributed by atoms with E-state index in [1.807, 2.05) is 24.3 Å². The standard InChI is InChI=1S/C18H22Cl2N4O2/c1-13-16(18(26)23-8-6-22(7-9-23)10-11-25)17(20)24(21-13)12-14-4-2-3-5-15(14)19/h2-5,25H,6-12H2,1H3. The molecule has 3 rings (SSSR count). The number of β-amino-alcohol motifs (C(OH)–C–C–N with tert-alkyl or cyclic N) is 1. The lowest BCUT2D eigenvalue weighted by molar-refractivity contribution is 0.0614. The van der Waals surface area contributed by atoms with Gasteiger partial charge in [0.15, 0.2) is 0 Å². The van der Waals surface area contributed by atoms with Crippen LogP contribution in [-0.4, -0.2) is 69.9 Å². The van der Waals surface area contributed by atoms with E-state index in [4.69, 9.17) is 28.3 Å². The Morgan fingerprint density at radius 3 is 2.54 bits per heavy atom. The van der Waals surface area contributed by atoms with Crippen LogP contribution in [0.25, 0.3) is 0 Å². The second-order valence-electron chi connectivity index (χ2n) is 6.36. The number of rotatable bonds is 5. The highest BCUT2D eigenvalue weighted by Gasteiger charge is 2.27. The Kier molecular flexibility index (Phi) is 6.19. The van der Waals surface area contributed by atoms with Gasteiger partial charge in [0.1, 0.15) is 5.15 Å². The van der Waals surface area contributed by atoms with Crippen LogP contribution in [0.3, 0.4) is 0 Å². The van der Waals surface area contributed by atoms with Gasteiger partial charge in [-0.05, 0) is 18.6 Å². The summed E-state index contributed by atoms with van der Waals surface area (Å²) < 4.78 is 1.62. The highest BCUT2D eigenvalue weighted by Crippen LogP contribution is 2.25. The summed E-state index contributed by atoms with van der Waals surface area (Å²) in [5.74, 6) is -0.0958. The molecule has 2 aromatic rings. The predicted octanol–water partition coefficient (Wildman–Crippen LogP) is 2.30. The number of hydrogen-bond donors (Lipinski definition) is 1. The Morgan fingerprint density at radius 1 is 1.19 bits per heavy atom. The lowest BCUT2D eigenvalue weighted by atomic mass is 10.2. The van der Waals surface area contributed by atoms with Gasteiger partial charge in [-0.15, -0.1) is 0 Å². The number of amides is 1. The van der Waals surface area contributed by atoms with E-state index in [9.17, 15) is 4.79 Å². The zero-order valence-electron chi connectivity index (χ0n) is 14.7. The Hall–Kier alpha value is -1.60. The molecule has 0 radical (unpaired) electrons. The normalized spacial score (nSPS) is 15.5. The van der Waals surface area contributed by atoms with Gasteiger partial charge in [0.05, 0.1) is 24.4 Å². The van der Waals surface area contributed by atoms with Crippen LogP contribution in [0.4, 0.5) is 0 Å². The number of carbonyl (C=O) groups is 1. The lowest BCUT2D eigenvalue weighted by Gasteiger charge is -2.34. The number of piperazine rings is 1. The summed E-state index contributed by atoms with van der Waals surface area (Å²) in [6, 6.07) is 7.51. The van der Waals surface area contributed by atoms with Crippen molar-refractivity contribution in [3.63, 3.8) is 0 Å². The van der Waals surface area contributed by atoms with E-state index >= 15 is 0 Å². The van der Waals surface area contributed by atoms with E-state index in [0.29, 0.717) is 47.6 Å². The number of benzene rings is 1. The van der Waals surface area contributed by atoms with Crippen LogP contribution < -0.4 is 0 Å². The summed E-state index contributed by atoms with van der Waals surface area (Å²) in [4.78, 5) is 16.9. The van der Waals surface area contributed by atoms with Crippen molar-refractivity contribution in [2.75, 3.05) is 39.3 Å². The molecule has 1 saturated heterocycles. The molecule has 0 unspecified atom stereocenters. The summed E-state index contributed by atoms with van der Waals surface area (Å²) in [6.45, 7) is 5.70. The number of aryl methyl sites for hydroxylation is 1. The van der Waals surface area contributed by atoms with Gasteiger partial charge in [0, 0.05) is 37.7 Å². The summed E-state index contributed by atoms with van der Waals surface area (Å²) in [5.41, 5.74) is 1.97. The van der Waals surface area contributed by atoms with Crippen molar-refractivity contribution in [3.8, 4) is 0 Å². The minimum absolute atomic E-state index is 0.0958. The van der Waals surface area contributed by atoms with Crippen molar-refractivity contribution in [1.82, 2.24) is 19.6 Å². The number of aliphatic hydroxyl groups is 1.